The van der Waals surface area contributed by atoms with E-state index in [4.69, 9.17) is 4.43 Å². The van der Waals surface area contributed by atoms with E-state index < -0.39 is 8.32 Å². The lowest BCUT2D eigenvalue weighted by molar-refractivity contribution is 0.0565. The first-order valence-electron chi connectivity index (χ1n) is 8.11. The van der Waals surface area contributed by atoms with Crippen molar-refractivity contribution in [2.45, 2.75) is 57.8 Å². The molecule has 0 aromatic carbocycles. The number of carbonyl (C=O) groups excluding carboxylic acids is 2. The van der Waals surface area contributed by atoms with Crippen LogP contribution in [0.5, 0.6) is 0 Å². The van der Waals surface area contributed by atoms with Crippen molar-refractivity contribution in [3.8, 4) is 0 Å². The van der Waals surface area contributed by atoms with Gasteiger partial charge in [0.2, 0.25) is 0 Å². The van der Waals surface area contributed by atoms with E-state index >= 15 is 0 Å². The van der Waals surface area contributed by atoms with Crippen LogP contribution in [0.15, 0.2) is 6.20 Å². The molecule has 1 N–H and O–H groups in total. The van der Waals surface area contributed by atoms with Gasteiger partial charge in [-0.3, -0.25) is 9.59 Å². The molecule has 23 heavy (non-hydrogen) atoms. The first-order valence-corrected chi connectivity index (χ1v) is 11.0. The second-order valence-corrected chi connectivity index (χ2v) is 12.4. The van der Waals surface area contributed by atoms with E-state index in [2.05, 4.69) is 43.8 Å². The summed E-state index contributed by atoms with van der Waals surface area (Å²) >= 11 is 0. The Morgan fingerprint density at radius 1 is 1.39 bits per heavy atom. The number of piperidine rings is 1. The number of carbonyl (C=O) groups is 2. The van der Waals surface area contributed by atoms with Gasteiger partial charge in [-0.05, 0) is 31.0 Å². The van der Waals surface area contributed by atoms with E-state index in [1.807, 2.05) is 0 Å². The van der Waals surface area contributed by atoms with E-state index in [-0.39, 0.29) is 22.9 Å². The molecule has 0 bridgehead atoms. The van der Waals surface area contributed by atoms with Crippen molar-refractivity contribution < 1.29 is 14.0 Å². The summed E-state index contributed by atoms with van der Waals surface area (Å²) in [5.41, 5.74) is 0.371. The zero-order valence-electron chi connectivity index (χ0n) is 14.7. The SMILES string of the molecule is CC(C)(C)[Si](C)(C)OC1CCN(C(=O)c2cnc(C=O)[nH]2)CC1. The highest BCUT2D eigenvalue weighted by Crippen LogP contribution is 2.38. The number of aromatic amines is 1. The summed E-state index contributed by atoms with van der Waals surface area (Å²) < 4.78 is 6.43. The van der Waals surface area contributed by atoms with Crippen LogP contribution < -0.4 is 0 Å². The summed E-state index contributed by atoms with van der Waals surface area (Å²) in [5.74, 6) is 0.0841. The molecule has 1 amide bonds. The van der Waals surface area contributed by atoms with Crippen molar-refractivity contribution >= 4 is 20.5 Å². The zero-order chi connectivity index (χ0) is 17.3. The number of imidazole rings is 1. The highest BCUT2D eigenvalue weighted by Gasteiger charge is 2.40. The third kappa shape index (κ3) is 4.09. The monoisotopic (exact) mass is 337 g/mol. The van der Waals surface area contributed by atoms with Crippen LogP contribution >= 0.6 is 0 Å². The lowest BCUT2D eigenvalue weighted by Gasteiger charge is -2.41. The van der Waals surface area contributed by atoms with Gasteiger partial charge in [-0.2, -0.15) is 0 Å². The van der Waals surface area contributed by atoms with E-state index in [9.17, 15) is 9.59 Å². The number of rotatable bonds is 4. The van der Waals surface area contributed by atoms with Gasteiger partial charge in [-0.25, -0.2) is 4.98 Å². The van der Waals surface area contributed by atoms with Crippen molar-refractivity contribution in [1.29, 1.82) is 0 Å². The smallest absolute Gasteiger partial charge is 0.271 e. The molecule has 0 aliphatic carbocycles. The van der Waals surface area contributed by atoms with Crippen LogP contribution in [0.2, 0.25) is 18.1 Å². The molecule has 6 nitrogen and oxygen atoms in total. The maximum absolute atomic E-state index is 12.4. The average molecular weight is 337 g/mol. The van der Waals surface area contributed by atoms with Gasteiger partial charge in [0.15, 0.2) is 20.4 Å². The van der Waals surface area contributed by atoms with Crippen molar-refractivity contribution in [3.63, 3.8) is 0 Å². The molecular formula is C16H27N3O3Si. The van der Waals surface area contributed by atoms with E-state index in [1.165, 1.54) is 6.20 Å². The molecule has 1 aromatic rings. The minimum absolute atomic E-state index is 0.101. The molecule has 0 saturated carbocycles. The number of aldehydes is 1. The summed E-state index contributed by atoms with van der Waals surface area (Å²) in [4.78, 5) is 31.4. The molecule has 2 rings (SSSR count). The predicted molar refractivity (Wildman–Crippen MR) is 91.2 cm³/mol. The van der Waals surface area contributed by atoms with E-state index in [0.717, 1.165) is 12.8 Å². The second kappa shape index (κ2) is 6.57. The quantitative estimate of drug-likeness (QED) is 0.677. The zero-order valence-corrected chi connectivity index (χ0v) is 15.7. The fourth-order valence-electron chi connectivity index (χ4n) is 2.45. The lowest BCUT2D eigenvalue weighted by Crippen LogP contribution is -2.48. The van der Waals surface area contributed by atoms with Crippen LogP contribution in [-0.2, 0) is 4.43 Å². The number of nitrogens with zero attached hydrogens (tertiary/aromatic N) is 2. The standard InChI is InChI=1S/C16H27N3O3Si/c1-16(2,3)23(4,5)22-12-6-8-19(9-7-12)15(21)13-10-17-14(11-20)18-13/h10-12H,6-9H2,1-5H3,(H,17,18). The number of amides is 1. The first kappa shape index (κ1) is 17.9. The molecule has 0 unspecified atom stereocenters. The number of nitrogens with one attached hydrogen (secondary N) is 1. The number of hydrogen-bond acceptors (Lipinski definition) is 4. The Hall–Kier alpha value is -1.47. The fraction of sp³-hybridized carbons (Fsp3) is 0.688. The van der Waals surface area contributed by atoms with Gasteiger partial charge in [0.05, 0.1) is 6.20 Å². The molecule has 128 valence electrons. The fourth-order valence-corrected chi connectivity index (χ4v) is 3.87. The van der Waals surface area contributed by atoms with Crippen LogP contribution in [0.4, 0.5) is 0 Å². The van der Waals surface area contributed by atoms with Gasteiger partial charge in [0, 0.05) is 19.2 Å². The predicted octanol–water partition coefficient (Wildman–Crippen LogP) is 2.85. The highest BCUT2D eigenvalue weighted by molar-refractivity contribution is 6.74. The molecule has 1 aliphatic heterocycles. The molecule has 1 fully saturated rings. The number of aromatic nitrogens is 2. The molecule has 1 saturated heterocycles. The molecule has 0 atom stereocenters. The van der Waals surface area contributed by atoms with Gasteiger partial charge in [0.1, 0.15) is 5.69 Å². The molecule has 2 heterocycles. The Bertz CT molecular complexity index is 569. The van der Waals surface area contributed by atoms with Crippen molar-refractivity contribution in [2.24, 2.45) is 0 Å². The van der Waals surface area contributed by atoms with Crippen LogP contribution in [-0.4, -0.2) is 54.6 Å². The highest BCUT2D eigenvalue weighted by atomic mass is 28.4. The van der Waals surface area contributed by atoms with Crippen molar-refractivity contribution in [3.05, 3.63) is 17.7 Å². The number of hydrogen-bond donors (Lipinski definition) is 1. The van der Waals surface area contributed by atoms with Gasteiger partial charge in [-0.1, -0.05) is 20.8 Å². The van der Waals surface area contributed by atoms with Crippen molar-refractivity contribution in [1.82, 2.24) is 14.9 Å². The van der Waals surface area contributed by atoms with Gasteiger partial charge >= 0.3 is 0 Å². The Kier molecular flexibility index (Phi) is 5.10. The Morgan fingerprint density at radius 2 is 2.00 bits per heavy atom. The lowest BCUT2D eigenvalue weighted by atomic mass is 10.1. The Morgan fingerprint density at radius 3 is 2.48 bits per heavy atom. The van der Waals surface area contributed by atoms with Crippen molar-refractivity contribution in [2.75, 3.05) is 13.1 Å². The summed E-state index contributed by atoms with van der Waals surface area (Å²) in [6.45, 7) is 12.6. The average Bonchev–Trinajstić information content (AvgIpc) is 2.94. The maximum atomic E-state index is 12.4. The summed E-state index contributed by atoms with van der Waals surface area (Å²) in [6, 6.07) is 0. The molecule has 1 aliphatic rings. The topological polar surface area (TPSA) is 75.3 Å². The van der Waals surface area contributed by atoms with Crippen LogP contribution in [0.25, 0.3) is 0 Å². The Labute approximate surface area is 138 Å². The second-order valence-electron chi connectivity index (χ2n) is 7.67. The van der Waals surface area contributed by atoms with E-state index in [0.29, 0.717) is 25.1 Å². The molecule has 7 heteroatoms. The third-order valence-corrected chi connectivity index (χ3v) is 9.47. The minimum atomic E-state index is -1.77. The Balaban J connectivity index is 1.91. The molecular weight excluding hydrogens is 310 g/mol. The molecule has 1 aromatic heterocycles. The van der Waals surface area contributed by atoms with Crippen LogP contribution in [0, 0.1) is 0 Å². The number of H-pyrrole nitrogens is 1. The summed E-state index contributed by atoms with van der Waals surface area (Å²) in [5, 5.41) is 0.196. The summed E-state index contributed by atoms with van der Waals surface area (Å²) in [7, 11) is -1.77. The van der Waals surface area contributed by atoms with Crippen LogP contribution in [0.1, 0.15) is 54.7 Å². The van der Waals surface area contributed by atoms with E-state index in [1.54, 1.807) is 4.90 Å². The first-order chi connectivity index (χ1) is 10.6. The molecule has 0 radical (unpaired) electrons. The normalized spacial score (nSPS) is 17.3. The maximum Gasteiger partial charge on any atom is 0.271 e. The molecule has 0 spiro atoms. The van der Waals surface area contributed by atoms with Gasteiger partial charge in [-0.15, -0.1) is 0 Å². The minimum Gasteiger partial charge on any atom is -0.414 e. The number of likely N-dealkylation sites (tertiary alicyclic amines) is 1. The van der Waals surface area contributed by atoms with Crippen LogP contribution in [0.3, 0.4) is 0 Å². The summed E-state index contributed by atoms with van der Waals surface area (Å²) in [6.07, 6.45) is 3.97. The van der Waals surface area contributed by atoms with Gasteiger partial charge in [0.25, 0.3) is 5.91 Å². The third-order valence-electron chi connectivity index (χ3n) is 4.93. The van der Waals surface area contributed by atoms with Gasteiger partial charge < -0.3 is 14.3 Å². The largest absolute Gasteiger partial charge is 0.414 e.